The van der Waals surface area contributed by atoms with Crippen molar-refractivity contribution in [3.8, 4) is 0 Å². The van der Waals surface area contributed by atoms with Crippen molar-refractivity contribution in [2.45, 2.75) is 31.7 Å². The normalized spacial score (nSPS) is 23.1. The molecule has 2 N–H and O–H groups in total. The van der Waals surface area contributed by atoms with Gasteiger partial charge in [0.15, 0.2) is 9.84 Å². The number of sulfone groups is 1. The Balaban J connectivity index is 1.84. The number of nitrogens with one attached hydrogen (secondary N) is 2. The maximum atomic E-state index is 12.3. The van der Waals surface area contributed by atoms with Crippen LogP contribution in [0.1, 0.15) is 36.7 Å². The van der Waals surface area contributed by atoms with Crippen molar-refractivity contribution in [3.05, 3.63) is 29.3 Å². The third-order valence-corrected chi connectivity index (χ3v) is 6.42. The Morgan fingerprint density at radius 1 is 1.23 bits per heavy atom. The highest BCUT2D eigenvalue weighted by atomic mass is 32.2. The highest BCUT2D eigenvalue weighted by Gasteiger charge is 2.46. The van der Waals surface area contributed by atoms with E-state index >= 15 is 0 Å². The predicted octanol–water partition coefficient (Wildman–Crippen LogP) is 0.833. The van der Waals surface area contributed by atoms with Gasteiger partial charge in [0.1, 0.15) is 0 Å². The molecule has 6 nitrogen and oxygen atoms in total. The van der Waals surface area contributed by atoms with E-state index in [4.69, 9.17) is 0 Å². The van der Waals surface area contributed by atoms with E-state index in [0.717, 1.165) is 5.56 Å². The lowest BCUT2D eigenvalue weighted by Crippen LogP contribution is -2.63. The first kappa shape index (κ1) is 15.0. The summed E-state index contributed by atoms with van der Waals surface area (Å²) in [4.78, 5) is 24.3. The van der Waals surface area contributed by atoms with Crippen molar-refractivity contribution in [2.75, 3.05) is 16.8 Å². The van der Waals surface area contributed by atoms with E-state index in [0.29, 0.717) is 11.3 Å². The lowest BCUT2D eigenvalue weighted by Gasteiger charge is -2.38. The molecule has 22 heavy (non-hydrogen) atoms. The molecule has 0 saturated carbocycles. The highest BCUT2D eigenvalue weighted by molar-refractivity contribution is 7.93. The van der Waals surface area contributed by atoms with E-state index in [-0.39, 0.29) is 23.3 Å². The average Bonchev–Trinajstić information content (AvgIpc) is 2.57. The van der Waals surface area contributed by atoms with Crippen LogP contribution in [0.25, 0.3) is 0 Å². The second-order valence-electron chi connectivity index (χ2n) is 6.89. The SMILES string of the molecule is CC1(NC(=O)c2ccc3c(c2)C(C)(C)C(=O)N3)CS(=O)(=O)C1. The van der Waals surface area contributed by atoms with Crippen LogP contribution in [0.15, 0.2) is 18.2 Å². The Bertz CT molecular complexity index is 784. The van der Waals surface area contributed by atoms with Gasteiger partial charge >= 0.3 is 0 Å². The van der Waals surface area contributed by atoms with Crippen LogP contribution in [0, 0.1) is 0 Å². The summed E-state index contributed by atoms with van der Waals surface area (Å²) < 4.78 is 22.6. The molecule has 1 aromatic rings. The van der Waals surface area contributed by atoms with Gasteiger partial charge in [0.05, 0.1) is 22.5 Å². The smallest absolute Gasteiger partial charge is 0.251 e. The first-order valence-electron chi connectivity index (χ1n) is 7.01. The fraction of sp³-hybridized carbons (Fsp3) is 0.467. The van der Waals surface area contributed by atoms with Gasteiger partial charge in [-0.1, -0.05) is 0 Å². The van der Waals surface area contributed by atoms with E-state index < -0.39 is 20.8 Å². The molecule has 0 aliphatic carbocycles. The standard InChI is InChI=1S/C15H18N2O4S/c1-14(2)10-6-9(4-5-11(10)16-13(14)19)12(18)17-15(3)7-22(20,21)8-15/h4-6H,7-8H2,1-3H3,(H,16,19)(H,17,18). The summed E-state index contributed by atoms with van der Waals surface area (Å²) in [6, 6.07) is 5.03. The number of hydrogen-bond acceptors (Lipinski definition) is 4. The zero-order chi connectivity index (χ0) is 16.3. The molecule has 0 atom stereocenters. The first-order valence-corrected chi connectivity index (χ1v) is 8.84. The molecular formula is C15H18N2O4S. The van der Waals surface area contributed by atoms with Crippen molar-refractivity contribution in [3.63, 3.8) is 0 Å². The summed E-state index contributed by atoms with van der Waals surface area (Å²) in [7, 11) is -3.02. The van der Waals surface area contributed by atoms with Crippen LogP contribution in [0.3, 0.4) is 0 Å². The van der Waals surface area contributed by atoms with Crippen molar-refractivity contribution in [1.29, 1.82) is 0 Å². The summed E-state index contributed by atoms with van der Waals surface area (Å²) >= 11 is 0. The maximum Gasteiger partial charge on any atom is 0.251 e. The fourth-order valence-electron chi connectivity index (χ4n) is 3.06. The van der Waals surface area contributed by atoms with Gasteiger partial charge in [-0.25, -0.2) is 8.42 Å². The molecule has 2 aliphatic heterocycles. The van der Waals surface area contributed by atoms with Gasteiger partial charge in [-0.3, -0.25) is 9.59 Å². The molecule has 1 aromatic carbocycles. The largest absolute Gasteiger partial charge is 0.345 e. The predicted molar refractivity (Wildman–Crippen MR) is 82.6 cm³/mol. The maximum absolute atomic E-state index is 12.3. The summed E-state index contributed by atoms with van der Waals surface area (Å²) in [5.74, 6) is -0.503. The van der Waals surface area contributed by atoms with Gasteiger partial charge in [-0.05, 0) is 44.5 Å². The van der Waals surface area contributed by atoms with Gasteiger partial charge in [-0.2, -0.15) is 0 Å². The minimum atomic E-state index is -3.02. The van der Waals surface area contributed by atoms with Gasteiger partial charge in [-0.15, -0.1) is 0 Å². The van der Waals surface area contributed by atoms with Crippen LogP contribution in [0.2, 0.25) is 0 Å². The number of anilines is 1. The molecule has 0 spiro atoms. The summed E-state index contributed by atoms with van der Waals surface area (Å²) in [6.07, 6.45) is 0. The van der Waals surface area contributed by atoms with Crippen LogP contribution in [0.5, 0.6) is 0 Å². The number of carbonyl (C=O) groups excluding carboxylic acids is 2. The van der Waals surface area contributed by atoms with Crippen LogP contribution >= 0.6 is 0 Å². The minimum Gasteiger partial charge on any atom is -0.345 e. The van der Waals surface area contributed by atoms with Crippen molar-refractivity contribution in [2.24, 2.45) is 0 Å². The first-order chi connectivity index (χ1) is 10.0. The molecule has 1 saturated heterocycles. The topological polar surface area (TPSA) is 92.3 Å². The van der Waals surface area contributed by atoms with E-state index in [1.807, 2.05) is 0 Å². The molecule has 1 fully saturated rings. The molecule has 0 radical (unpaired) electrons. The highest BCUT2D eigenvalue weighted by Crippen LogP contribution is 2.37. The Labute approximate surface area is 129 Å². The molecule has 2 amide bonds. The molecule has 2 heterocycles. The summed E-state index contributed by atoms with van der Waals surface area (Å²) in [5.41, 5.74) is 0.516. The number of hydrogen-bond donors (Lipinski definition) is 2. The Morgan fingerprint density at radius 2 is 1.86 bits per heavy atom. The van der Waals surface area contributed by atoms with Crippen molar-refractivity contribution in [1.82, 2.24) is 5.32 Å². The Kier molecular flexibility index (Phi) is 2.95. The zero-order valence-electron chi connectivity index (χ0n) is 12.7. The van der Waals surface area contributed by atoms with Gasteiger partial charge < -0.3 is 10.6 Å². The monoisotopic (exact) mass is 322 g/mol. The molecule has 7 heteroatoms. The number of rotatable bonds is 2. The Morgan fingerprint density at radius 3 is 2.45 bits per heavy atom. The van der Waals surface area contributed by atoms with Crippen LogP contribution in [0.4, 0.5) is 5.69 Å². The van der Waals surface area contributed by atoms with E-state index in [1.165, 1.54) is 0 Å². The van der Waals surface area contributed by atoms with Gasteiger partial charge in [0.25, 0.3) is 5.91 Å². The quantitative estimate of drug-likeness (QED) is 0.843. The third kappa shape index (κ3) is 2.29. The van der Waals surface area contributed by atoms with Crippen molar-refractivity contribution >= 4 is 27.3 Å². The second kappa shape index (κ2) is 4.32. The summed E-state index contributed by atoms with van der Waals surface area (Å²) in [6.45, 7) is 5.32. The molecule has 0 aromatic heterocycles. The number of carbonyl (C=O) groups is 2. The van der Waals surface area contributed by atoms with Gasteiger partial charge in [0, 0.05) is 11.3 Å². The molecular weight excluding hydrogens is 304 g/mol. The van der Waals surface area contributed by atoms with Crippen LogP contribution in [-0.4, -0.2) is 37.3 Å². The van der Waals surface area contributed by atoms with Crippen LogP contribution < -0.4 is 10.6 Å². The lowest BCUT2D eigenvalue weighted by molar-refractivity contribution is -0.119. The average molecular weight is 322 g/mol. The van der Waals surface area contributed by atoms with E-state index in [1.54, 1.807) is 39.0 Å². The molecule has 0 bridgehead atoms. The zero-order valence-corrected chi connectivity index (χ0v) is 13.5. The minimum absolute atomic E-state index is 0.0395. The van der Waals surface area contributed by atoms with E-state index in [9.17, 15) is 18.0 Å². The fourth-order valence-corrected chi connectivity index (χ4v) is 5.06. The second-order valence-corrected chi connectivity index (χ2v) is 8.95. The lowest BCUT2D eigenvalue weighted by atomic mass is 9.85. The van der Waals surface area contributed by atoms with E-state index in [2.05, 4.69) is 10.6 Å². The molecule has 3 rings (SSSR count). The third-order valence-electron chi connectivity index (χ3n) is 4.26. The van der Waals surface area contributed by atoms with Crippen molar-refractivity contribution < 1.29 is 18.0 Å². The number of benzene rings is 1. The van der Waals surface area contributed by atoms with Crippen LogP contribution in [-0.2, 0) is 20.0 Å². The molecule has 118 valence electrons. The number of fused-ring (bicyclic) bond motifs is 1. The van der Waals surface area contributed by atoms with Gasteiger partial charge in [0.2, 0.25) is 5.91 Å². The molecule has 0 unspecified atom stereocenters. The Hall–Kier alpha value is -1.89. The molecule has 2 aliphatic rings. The summed E-state index contributed by atoms with van der Waals surface area (Å²) in [5, 5.41) is 5.56. The number of amides is 2.